The number of hydrogen-bond donors (Lipinski definition) is 0. The van der Waals surface area contributed by atoms with E-state index in [0.29, 0.717) is 0 Å². The van der Waals surface area contributed by atoms with Crippen molar-refractivity contribution in [3.63, 3.8) is 0 Å². The zero-order chi connectivity index (χ0) is 9.19. The highest BCUT2D eigenvalue weighted by atomic mass is 15.1. The lowest BCUT2D eigenvalue weighted by Gasteiger charge is -2.42. The highest BCUT2D eigenvalue weighted by molar-refractivity contribution is 6.05. The molecule has 0 bridgehead atoms. The summed E-state index contributed by atoms with van der Waals surface area (Å²) in [6.45, 7) is 11.4. The third-order valence-electron chi connectivity index (χ3n) is 2.97. The van der Waals surface area contributed by atoms with Crippen LogP contribution in [0.4, 0.5) is 0 Å². The van der Waals surface area contributed by atoms with E-state index in [4.69, 9.17) is 0 Å². The molecule has 2 heteroatoms. The minimum absolute atomic E-state index is 0.273. The molecule has 0 aliphatic carbocycles. The first kappa shape index (κ1) is 9.43. The van der Waals surface area contributed by atoms with Crippen LogP contribution in [0.25, 0.3) is 0 Å². The Morgan fingerprint density at radius 2 is 2.42 bits per heavy atom. The van der Waals surface area contributed by atoms with Crippen LogP contribution in [-0.4, -0.2) is 19.3 Å². The van der Waals surface area contributed by atoms with Gasteiger partial charge in [0.15, 0.2) is 0 Å². The van der Waals surface area contributed by atoms with E-state index in [2.05, 4.69) is 32.9 Å². The van der Waals surface area contributed by atoms with Gasteiger partial charge in [-0.2, -0.15) is 0 Å². The van der Waals surface area contributed by atoms with Crippen LogP contribution in [0.2, 0.25) is 0 Å². The van der Waals surface area contributed by atoms with E-state index in [1.165, 1.54) is 18.5 Å². The fourth-order valence-electron chi connectivity index (χ4n) is 1.98. The first-order chi connectivity index (χ1) is 5.60. The summed E-state index contributed by atoms with van der Waals surface area (Å²) in [6.07, 6.45) is 5.59. The molecule has 0 amide bonds. The van der Waals surface area contributed by atoms with Crippen LogP contribution in [0.1, 0.15) is 26.2 Å². The topological polar surface area (TPSA) is 3.24 Å². The van der Waals surface area contributed by atoms with Crippen LogP contribution < -0.4 is 0 Å². The third-order valence-corrected chi connectivity index (χ3v) is 2.97. The molecule has 1 rings (SSSR count). The summed E-state index contributed by atoms with van der Waals surface area (Å²) in [7, 11) is 2.13. The summed E-state index contributed by atoms with van der Waals surface area (Å²) in [4.78, 5) is 2.27. The van der Waals surface area contributed by atoms with Crippen LogP contribution in [-0.2, 0) is 0 Å². The highest BCUT2D eigenvalue weighted by Gasteiger charge is 2.31. The Balaban J connectivity index is 2.73. The molecule has 1 heterocycles. The van der Waals surface area contributed by atoms with Crippen molar-refractivity contribution < 1.29 is 0 Å². The normalized spacial score (nSPS) is 30.4. The monoisotopic (exact) mass is 163 g/mol. The standard InChI is InChI=1S/C10H18BN/c1-4-6-10(3)7-5-8-12(11)9(10)2/h4H,1-2,5-8,11H2,3H3/t10-/m1/s1. The van der Waals surface area contributed by atoms with Crippen LogP contribution in [0.15, 0.2) is 24.9 Å². The average molecular weight is 163 g/mol. The first-order valence-electron chi connectivity index (χ1n) is 4.61. The molecule has 66 valence electrons. The van der Waals surface area contributed by atoms with Crippen molar-refractivity contribution in [2.45, 2.75) is 26.2 Å². The summed E-state index contributed by atoms with van der Waals surface area (Å²) < 4.78 is 0. The highest BCUT2D eigenvalue weighted by Crippen LogP contribution is 2.39. The van der Waals surface area contributed by atoms with Crippen molar-refractivity contribution in [1.82, 2.24) is 4.81 Å². The number of hydrogen-bond acceptors (Lipinski definition) is 1. The van der Waals surface area contributed by atoms with Crippen LogP contribution in [0, 0.1) is 5.41 Å². The smallest absolute Gasteiger partial charge is 0.217 e. The van der Waals surface area contributed by atoms with Gasteiger partial charge >= 0.3 is 0 Å². The van der Waals surface area contributed by atoms with Crippen molar-refractivity contribution in [3.05, 3.63) is 24.9 Å². The van der Waals surface area contributed by atoms with Gasteiger partial charge in [-0.3, -0.25) is 0 Å². The fourth-order valence-corrected chi connectivity index (χ4v) is 1.98. The molecule has 0 N–H and O–H groups in total. The zero-order valence-corrected chi connectivity index (χ0v) is 8.27. The second kappa shape index (κ2) is 3.38. The Kier molecular flexibility index (Phi) is 2.66. The molecule has 1 aliphatic heterocycles. The molecule has 1 nitrogen and oxygen atoms in total. The zero-order valence-electron chi connectivity index (χ0n) is 8.27. The largest absolute Gasteiger partial charge is 0.425 e. The van der Waals surface area contributed by atoms with Crippen molar-refractivity contribution in [2.24, 2.45) is 5.41 Å². The molecule has 0 unspecified atom stereocenters. The minimum Gasteiger partial charge on any atom is -0.425 e. The van der Waals surface area contributed by atoms with Gasteiger partial charge in [0.2, 0.25) is 7.98 Å². The molecule has 0 radical (unpaired) electrons. The molecule has 12 heavy (non-hydrogen) atoms. The van der Waals surface area contributed by atoms with Gasteiger partial charge in [-0.25, -0.2) is 0 Å². The lowest BCUT2D eigenvalue weighted by molar-refractivity contribution is 0.242. The second-order valence-electron chi connectivity index (χ2n) is 4.03. The Bertz CT molecular complexity index is 200. The molecular weight excluding hydrogens is 145 g/mol. The summed E-state index contributed by atoms with van der Waals surface area (Å²) in [5.41, 5.74) is 1.54. The van der Waals surface area contributed by atoms with Crippen LogP contribution >= 0.6 is 0 Å². The number of nitrogens with zero attached hydrogens (tertiary/aromatic N) is 1. The van der Waals surface area contributed by atoms with E-state index in [9.17, 15) is 0 Å². The number of piperidine rings is 1. The van der Waals surface area contributed by atoms with Gasteiger partial charge in [-0.05, 0) is 25.0 Å². The molecular formula is C10H18BN. The Morgan fingerprint density at radius 3 is 3.00 bits per heavy atom. The van der Waals surface area contributed by atoms with E-state index in [1.54, 1.807) is 0 Å². The summed E-state index contributed by atoms with van der Waals surface area (Å²) in [6, 6.07) is 0. The molecule has 0 aromatic carbocycles. The van der Waals surface area contributed by atoms with E-state index in [-0.39, 0.29) is 5.41 Å². The molecule has 1 fully saturated rings. The van der Waals surface area contributed by atoms with E-state index >= 15 is 0 Å². The van der Waals surface area contributed by atoms with Crippen molar-refractivity contribution >= 4 is 7.98 Å². The summed E-state index contributed by atoms with van der Waals surface area (Å²) in [5, 5.41) is 0. The molecule has 0 spiro atoms. The Morgan fingerprint density at radius 1 is 1.75 bits per heavy atom. The first-order valence-corrected chi connectivity index (χ1v) is 4.61. The molecule has 0 aromatic heterocycles. The van der Waals surface area contributed by atoms with E-state index < -0.39 is 0 Å². The maximum absolute atomic E-state index is 4.15. The molecule has 1 saturated heterocycles. The van der Waals surface area contributed by atoms with E-state index in [1.807, 2.05) is 6.08 Å². The lowest BCUT2D eigenvalue weighted by atomic mass is 9.75. The minimum atomic E-state index is 0.273. The van der Waals surface area contributed by atoms with Gasteiger partial charge < -0.3 is 4.81 Å². The summed E-state index contributed by atoms with van der Waals surface area (Å²) >= 11 is 0. The fraction of sp³-hybridized carbons (Fsp3) is 0.600. The van der Waals surface area contributed by atoms with Gasteiger partial charge in [0, 0.05) is 12.0 Å². The van der Waals surface area contributed by atoms with Crippen molar-refractivity contribution in [2.75, 3.05) is 6.54 Å². The van der Waals surface area contributed by atoms with Gasteiger partial charge in [-0.1, -0.05) is 19.6 Å². The molecule has 0 aromatic rings. The maximum Gasteiger partial charge on any atom is 0.217 e. The Hall–Kier alpha value is -0.655. The number of allylic oxidation sites excluding steroid dienone is 2. The predicted molar refractivity (Wildman–Crippen MR) is 56.5 cm³/mol. The number of rotatable bonds is 2. The maximum atomic E-state index is 4.15. The second-order valence-corrected chi connectivity index (χ2v) is 4.03. The lowest BCUT2D eigenvalue weighted by Crippen LogP contribution is -2.37. The van der Waals surface area contributed by atoms with Crippen LogP contribution in [0.5, 0.6) is 0 Å². The Labute approximate surface area is 76.6 Å². The SMILES string of the molecule is BN1CCC[C@@](C)(CC=C)C1=C. The predicted octanol–water partition coefficient (Wildman–Crippen LogP) is 1.73. The van der Waals surface area contributed by atoms with Gasteiger partial charge in [0.1, 0.15) is 0 Å². The van der Waals surface area contributed by atoms with Gasteiger partial charge in [0.05, 0.1) is 0 Å². The average Bonchev–Trinajstić information content (AvgIpc) is 2.01. The molecule has 1 atom stereocenters. The van der Waals surface area contributed by atoms with E-state index in [0.717, 1.165) is 13.0 Å². The molecule has 1 aliphatic rings. The quantitative estimate of drug-likeness (QED) is 0.442. The summed E-state index contributed by atoms with van der Waals surface area (Å²) in [5.74, 6) is 0. The van der Waals surface area contributed by atoms with Crippen molar-refractivity contribution in [1.29, 1.82) is 0 Å². The van der Waals surface area contributed by atoms with Crippen molar-refractivity contribution in [3.8, 4) is 0 Å². The van der Waals surface area contributed by atoms with Gasteiger partial charge in [-0.15, -0.1) is 6.58 Å². The van der Waals surface area contributed by atoms with Gasteiger partial charge in [0.25, 0.3) is 0 Å². The third kappa shape index (κ3) is 1.57. The van der Waals surface area contributed by atoms with Crippen LogP contribution in [0.3, 0.4) is 0 Å². The molecule has 0 saturated carbocycles.